The third kappa shape index (κ3) is 7.41. The van der Waals surface area contributed by atoms with Crippen LogP contribution in [0, 0.1) is 5.82 Å². The van der Waals surface area contributed by atoms with Crippen LogP contribution < -0.4 is 10.1 Å². The minimum atomic E-state index is -0.767. The third-order valence-corrected chi connectivity index (χ3v) is 6.06. The molecule has 3 rings (SSSR count). The van der Waals surface area contributed by atoms with Gasteiger partial charge in [-0.1, -0.05) is 67.6 Å². The Morgan fingerprint density at radius 1 is 0.971 bits per heavy atom. The Balaban J connectivity index is 1.99. The minimum Gasteiger partial charge on any atom is -0.497 e. The van der Waals surface area contributed by atoms with E-state index >= 15 is 0 Å². The second-order valence-corrected chi connectivity index (χ2v) is 8.66. The van der Waals surface area contributed by atoms with Crippen LogP contribution in [0.2, 0.25) is 0 Å². The first kappa shape index (κ1) is 25.9. The maximum Gasteiger partial charge on any atom is 0.243 e. The quantitative estimate of drug-likeness (QED) is 0.427. The highest BCUT2D eigenvalue weighted by atomic mass is 19.1. The fourth-order valence-corrected chi connectivity index (χ4v) is 3.87. The lowest BCUT2D eigenvalue weighted by atomic mass is 10.0. The molecule has 0 heterocycles. The van der Waals surface area contributed by atoms with Crippen molar-refractivity contribution in [2.75, 3.05) is 7.11 Å². The molecule has 0 aliphatic heterocycles. The maximum absolute atomic E-state index is 14.4. The maximum atomic E-state index is 14.4. The van der Waals surface area contributed by atoms with E-state index in [4.69, 9.17) is 4.74 Å². The van der Waals surface area contributed by atoms with Gasteiger partial charge in [0.25, 0.3) is 0 Å². The van der Waals surface area contributed by atoms with Gasteiger partial charge in [0.05, 0.1) is 13.5 Å². The zero-order valence-corrected chi connectivity index (χ0v) is 20.5. The summed E-state index contributed by atoms with van der Waals surface area (Å²) in [5, 5.41) is 3.04. The standard InChI is InChI=1S/C29H33FN2O3/c1-4-21(2)31-29(34)27(18-22-11-6-5-7-12-22)32(20-23-13-10-15-25(17-23)35-3)28(33)19-24-14-8-9-16-26(24)30/h5-17,21,27H,4,18-20H2,1-3H3,(H,31,34)/t21-,27-/m1/s1. The molecule has 3 aromatic carbocycles. The number of hydrogen-bond donors (Lipinski definition) is 1. The molecular formula is C29H33FN2O3. The van der Waals surface area contributed by atoms with Crippen molar-refractivity contribution in [2.24, 2.45) is 0 Å². The highest BCUT2D eigenvalue weighted by molar-refractivity contribution is 5.89. The molecule has 3 aromatic rings. The van der Waals surface area contributed by atoms with E-state index in [9.17, 15) is 14.0 Å². The summed E-state index contributed by atoms with van der Waals surface area (Å²) in [7, 11) is 1.58. The van der Waals surface area contributed by atoms with E-state index in [0.29, 0.717) is 17.7 Å². The van der Waals surface area contributed by atoms with Crippen LogP contribution in [0.5, 0.6) is 5.75 Å². The molecule has 0 saturated heterocycles. The molecule has 0 radical (unpaired) electrons. The molecule has 6 heteroatoms. The number of benzene rings is 3. The summed E-state index contributed by atoms with van der Waals surface area (Å²) in [6.07, 6.45) is 0.970. The van der Waals surface area contributed by atoms with E-state index in [1.165, 1.54) is 6.07 Å². The lowest BCUT2D eigenvalue weighted by Gasteiger charge is -2.32. The molecule has 0 aliphatic rings. The Morgan fingerprint density at radius 2 is 1.66 bits per heavy atom. The lowest BCUT2D eigenvalue weighted by molar-refractivity contribution is -0.141. The fraction of sp³-hybridized carbons (Fsp3) is 0.310. The van der Waals surface area contributed by atoms with Crippen molar-refractivity contribution in [1.29, 1.82) is 0 Å². The van der Waals surface area contributed by atoms with Crippen molar-refractivity contribution in [3.63, 3.8) is 0 Å². The summed E-state index contributed by atoms with van der Waals surface area (Å²) in [6.45, 7) is 4.12. The number of carbonyl (C=O) groups excluding carboxylic acids is 2. The smallest absolute Gasteiger partial charge is 0.243 e. The molecule has 2 atom stereocenters. The minimum absolute atomic E-state index is 0.0406. The Bertz CT molecular complexity index is 1120. The van der Waals surface area contributed by atoms with Gasteiger partial charge in [-0.25, -0.2) is 4.39 Å². The second kappa shape index (κ2) is 12.7. The first-order chi connectivity index (χ1) is 16.9. The lowest BCUT2D eigenvalue weighted by Crippen LogP contribution is -2.52. The van der Waals surface area contributed by atoms with E-state index in [1.54, 1.807) is 30.2 Å². The van der Waals surface area contributed by atoms with Crippen LogP contribution in [-0.4, -0.2) is 35.9 Å². The van der Waals surface area contributed by atoms with Crippen molar-refractivity contribution in [2.45, 2.75) is 51.7 Å². The number of amides is 2. The normalized spacial score (nSPS) is 12.5. The number of rotatable bonds is 11. The molecule has 2 amide bonds. The van der Waals surface area contributed by atoms with Crippen LogP contribution in [-0.2, 0) is 29.0 Å². The van der Waals surface area contributed by atoms with Crippen LogP contribution in [0.1, 0.15) is 37.0 Å². The van der Waals surface area contributed by atoms with Crippen molar-refractivity contribution in [3.05, 3.63) is 101 Å². The van der Waals surface area contributed by atoms with Crippen LogP contribution in [0.25, 0.3) is 0 Å². The second-order valence-electron chi connectivity index (χ2n) is 8.66. The van der Waals surface area contributed by atoms with Crippen molar-refractivity contribution in [1.82, 2.24) is 10.2 Å². The number of methoxy groups -OCH3 is 1. The van der Waals surface area contributed by atoms with Crippen LogP contribution >= 0.6 is 0 Å². The average molecular weight is 477 g/mol. The highest BCUT2D eigenvalue weighted by Crippen LogP contribution is 2.20. The summed E-state index contributed by atoms with van der Waals surface area (Å²) >= 11 is 0. The highest BCUT2D eigenvalue weighted by Gasteiger charge is 2.31. The Hall–Kier alpha value is -3.67. The Kier molecular flexibility index (Phi) is 9.41. The van der Waals surface area contributed by atoms with Gasteiger partial charge >= 0.3 is 0 Å². The monoisotopic (exact) mass is 476 g/mol. The van der Waals surface area contributed by atoms with Gasteiger partial charge in [0.2, 0.25) is 11.8 Å². The number of halogens is 1. The summed E-state index contributed by atoms with van der Waals surface area (Å²) in [6, 6.07) is 22.4. The van der Waals surface area contributed by atoms with Gasteiger partial charge in [0, 0.05) is 19.0 Å². The Labute approximate surface area is 206 Å². The van der Waals surface area contributed by atoms with E-state index in [1.807, 2.05) is 68.4 Å². The molecule has 184 valence electrons. The molecule has 0 aromatic heterocycles. The number of carbonyl (C=O) groups is 2. The number of nitrogens with zero attached hydrogens (tertiary/aromatic N) is 1. The summed E-state index contributed by atoms with van der Waals surface area (Å²) < 4.78 is 19.7. The molecule has 0 aliphatic carbocycles. The van der Waals surface area contributed by atoms with Crippen LogP contribution in [0.3, 0.4) is 0 Å². The van der Waals surface area contributed by atoms with E-state index in [0.717, 1.165) is 17.5 Å². The molecule has 0 bridgehead atoms. The summed E-state index contributed by atoms with van der Waals surface area (Å²) in [4.78, 5) is 28.7. The first-order valence-electron chi connectivity index (χ1n) is 11.9. The predicted octanol–water partition coefficient (Wildman–Crippen LogP) is 4.93. The molecule has 1 N–H and O–H groups in total. The largest absolute Gasteiger partial charge is 0.497 e. The van der Waals surface area contributed by atoms with Crippen LogP contribution in [0.15, 0.2) is 78.9 Å². The van der Waals surface area contributed by atoms with Crippen LogP contribution in [0.4, 0.5) is 4.39 Å². The third-order valence-electron chi connectivity index (χ3n) is 6.06. The van der Waals surface area contributed by atoms with Crippen molar-refractivity contribution < 1.29 is 18.7 Å². The average Bonchev–Trinajstić information content (AvgIpc) is 2.88. The van der Waals surface area contributed by atoms with Gasteiger partial charge in [-0.3, -0.25) is 9.59 Å². The van der Waals surface area contributed by atoms with E-state index in [2.05, 4.69) is 5.32 Å². The molecule has 5 nitrogen and oxygen atoms in total. The van der Waals surface area contributed by atoms with Crippen molar-refractivity contribution >= 4 is 11.8 Å². The molecule has 0 saturated carbocycles. The zero-order valence-electron chi connectivity index (χ0n) is 20.5. The van der Waals surface area contributed by atoms with Gasteiger partial charge in [0.15, 0.2) is 0 Å². The zero-order chi connectivity index (χ0) is 25.2. The number of hydrogen-bond acceptors (Lipinski definition) is 3. The fourth-order valence-electron chi connectivity index (χ4n) is 3.87. The van der Waals surface area contributed by atoms with E-state index < -0.39 is 11.9 Å². The number of nitrogens with one attached hydrogen (secondary N) is 1. The summed E-state index contributed by atoms with van der Waals surface area (Å²) in [5.74, 6) is -0.329. The molecule has 0 spiro atoms. The molecule has 0 fully saturated rings. The Morgan fingerprint density at radius 3 is 2.34 bits per heavy atom. The topological polar surface area (TPSA) is 58.6 Å². The first-order valence-corrected chi connectivity index (χ1v) is 11.9. The van der Waals surface area contributed by atoms with Gasteiger partial charge < -0.3 is 15.0 Å². The molecule has 0 unspecified atom stereocenters. The van der Waals surface area contributed by atoms with Gasteiger partial charge in [0.1, 0.15) is 17.6 Å². The molecule has 35 heavy (non-hydrogen) atoms. The van der Waals surface area contributed by atoms with E-state index in [-0.39, 0.29) is 30.8 Å². The SMILES string of the molecule is CC[C@@H](C)NC(=O)[C@@H](Cc1ccccc1)N(Cc1cccc(OC)c1)C(=O)Cc1ccccc1F. The van der Waals surface area contributed by atoms with Gasteiger partial charge in [-0.15, -0.1) is 0 Å². The summed E-state index contributed by atoms with van der Waals surface area (Å²) in [5.41, 5.74) is 2.06. The predicted molar refractivity (Wildman–Crippen MR) is 135 cm³/mol. The van der Waals surface area contributed by atoms with Crippen molar-refractivity contribution in [3.8, 4) is 5.75 Å². The van der Waals surface area contributed by atoms with Gasteiger partial charge in [-0.05, 0) is 48.2 Å². The molecular weight excluding hydrogens is 443 g/mol. The van der Waals surface area contributed by atoms with Gasteiger partial charge in [-0.2, -0.15) is 0 Å². The number of ether oxygens (including phenoxy) is 1.